The zero-order chi connectivity index (χ0) is 14.4. The van der Waals surface area contributed by atoms with Gasteiger partial charge in [-0.2, -0.15) is 0 Å². The van der Waals surface area contributed by atoms with Gasteiger partial charge in [-0.15, -0.1) is 0 Å². The number of hydrogen-bond donors (Lipinski definition) is 1. The first-order valence-electron chi connectivity index (χ1n) is 8.14. The maximum atomic E-state index is 6.12. The van der Waals surface area contributed by atoms with Crippen LogP contribution < -0.4 is 10.1 Å². The van der Waals surface area contributed by atoms with E-state index in [-0.39, 0.29) is 0 Å². The summed E-state index contributed by atoms with van der Waals surface area (Å²) in [5.74, 6) is 1.83. The highest BCUT2D eigenvalue weighted by Gasteiger charge is 2.23. The molecule has 0 spiro atoms. The molecular formula is C18H29NO. The Balaban J connectivity index is 1.95. The lowest BCUT2D eigenvalue weighted by Crippen LogP contribution is -2.41. The van der Waals surface area contributed by atoms with Crippen LogP contribution in [0.2, 0.25) is 0 Å². The van der Waals surface area contributed by atoms with Crippen LogP contribution in [0.25, 0.3) is 0 Å². The lowest BCUT2D eigenvalue weighted by Gasteiger charge is -2.31. The topological polar surface area (TPSA) is 21.3 Å². The Morgan fingerprint density at radius 1 is 1.20 bits per heavy atom. The highest BCUT2D eigenvalue weighted by atomic mass is 16.5. The lowest BCUT2D eigenvalue weighted by atomic mass is 9.84. The number of hydrogen-bond acceptors (Lipinski definition) is 2. The van der Waals surface area contributed by atoms with E-state index in [2.05, 4.69) is 44.3 Å². The fourth-order valence-corrected chi connectivity index (χ4v) is 3.20. The Morgan fingerprint density at radius 2 is 1.95 bits per heavy atom. The zero-order valence-corrected chi connectivity index (χ0v) is 13.2. The van der Waals surface area contributed by atoms with E-state index in [0.717, 1.165) is 24.8 Å². The highest BCUT2D eigenvalue weighted by molar-refractivity contribution is 5.35. The van der Waals surface area contributed by atoms with Gasteiger partial charge in [-0.25, -0.2) is 0 Å². The monoisotopic (exact) mass is 275 g/mol. The minimum absolute atomic E-state index is 0.500. The summed E-state index contributed by atoms with van der Waals surface area (Å²) in [6.45, 7) is 8.25. The number of aryl methyl sites for hydroxylation is 2. The van der Waals surface area contributed by atoms with Gasteiger partial charge < -0.3 is 10.1 Å². The first-order chi connectivity index (χ1) is 9.70. The number of rotatable bonds is 6. The summed E-state index contributed by atoms with van der Waals surface area (Å²) in [6, 6.07) is 6.94. The maximum absolute atomic E-state index is 6.12. The average Bonchev–Trinajstić information content (AvgIpc) is 2.47. The third kappa shape index (κ3) is 4.24. The van der Waals surface area contributed by atoms with Crippen molar-refractivity contribution in [1.29, 1.82) is 0 Å². The largest absolute Gasteiger partial charge is 0.492 e. The fourth-order valence-electron chi connectivity index (χ4n) is 3.20. The Kier molecular flexibility index (Phi) is 5.90. The van der Waals surface area contributed by atoms with Crippen molar-refractivity contribution >= 4 is 0 Å². The van der Waals surface area contributed by atoms with Crippen LogP contribution in [0.5, 0.6) is 5.75 Å². The molecule has 0 radical (unpaired) electrons. The van der Waals surface area contributed by atoms with Crippen LogP contribution in [-0.2, 0) is 0 Å². The summed E-state index contributed by atoms with van der Waals surface area (Å²) in [4.78, 5) is 0. The van der Waals surface area contributed by atoms with E-state index in [9.17, 15) is 0 Å². The van der Waals surface area contributed by atoms with E-state index in [1.807, 2.05) is 0 Å². The predicted octanol–water partition coefficient (Wildman–Crippen LogP) is 4.24. The molecule has 1 N–H and O–H groups in total. The van der Waals surface area contributed by atoms with Crippen LogP contribution in [0.3, 0.4) is 0 Å². The van der Waals surface area contributed by atoms with Crippen LogP contribution >= 0.6 is 0 Å². The minimum atomic E-state index is 0.500. The third-order valence-electron chi connectivity index (χ3n) is 4.45. The van der Waals surface area contributed by atoms with Crippen LogP contribution in [0, 0.1) is 19.8 Å². The Bertz CT molecular complexity index is 410. The van der Waals surface area contributed by atoms with Gasteiger partial charge in [-0.1, -0.05) is 38.3 Å². The van der Waals surface area contributed by atoms with E-state index in [1.54, 1.807) is 0 Å². The SMILES string of the molecule is CCNC(COc1cc(C)ccc1C)C1CCCCC1. The van der Waals surface area contributed by atoms with E-state index in [0.29, 0.717) is 6.04 Å². The van der Waals surface area contributed by atoms with Crippen molar-refractivity contribution < 1.29 is 4.74 Å². The summed E-state index contributed by atoms with van der Waals surface area (Å²) in [5.41, 5.74) is 2.50. The highest BCUT2D eigenvalue weighted by Crippen LogP contribution is 2.27. The molecule has 1 aliphatic rings. The molecule has 0 aromatic heterocycles. The lowest BCUT2D eigenvalue weighted by molar-refractivity contribution is 0.187. The molecule has 2 heteroatoms. The van der Waals surface area contributed by atoms with Crippen molar-refractivity contribution in [1.82, 2.24) is 5.32 Å². The normalized spacial score (nSPS) is 17.9. The summed E-state index contributed by atoms with van der Waals surface area (Å²) in [6.07, 6.45) is 6.89. The van der Waals surface area contributed by atoms with Crippen LogP contribution in [0.1, 0.15) is 50.2 Å². The number of benzene rings is 1. The molecule has 20 heavy (non-hydrogen) atoms. The minimum Gasteiger partial charge on any atom is -0.492 e. The number of ether oxygens (including phenoxy) is 1. The molecule has 1 aromatic rings. The second kappa shape index (κ2) is 7.68. The van der Waals surface area contributed by atoms with Crippen molar-refractivity contribution in [3.63, 3.8) is 0 Å². The second-order valence-electron chi connectivity index (χ2n) is 6.14. The number of likely N-dealkylation sites (N-methyl/N-ethyl adjacent to an activating group) is 1. The van der Waals surface area contributed by atoms with E-state index >= 15 is 0 Å². The quantitative estimate of drug-likeness (QED) is 0.838. The van der Waals surface area contributed by atoms with Gasteiger partial charge in [0.15, 0.2) is 0 Å². The van der Waals surface area contributed by atoms with Crippen molar-refractivity contribution in [3.8, 4) is 5.75 Å². The summed E-state index contributed by atoms with van der Waals surface area (Å²) in [7, 11) is 0. The van der Waals surface area contributed by atoms with Crippen LogP contribution in [0.4, 0.5) is 0 Å². The van der Waals surface area contributed by atoms with E-state index < -0.39 is 0 Å². The molecular weight excluding hydrogens is 246 g/mol. The van der Waals surface area contributed by atoms with Crippen molar-refractivity contribution in [2.24, 2.45) is 5.92 Å². The summed E-state index contributed by atoms with van der Waals surface area (Å²) >= 11 is 0. The fraction of sp³-hybridized carbons (Fsp3) is 0.667. The molecule has 1 saturated carbocycles. The molecule has 0 bridgehead atoms. The van der Waals surface area contributed by atoms with Crippen molar-refractivity contribution in [2.75, 3.05) is 13.2 Å². The van der Waals surface area contributed by atoms with Gasteiger partial charge in [0.2, 0.25) is 0 Å². The first-order valence-corrected chi connectivity index (χ1v) is 8.14. The molecule has 0 heterocycles. The van der Waals surface area contributed by atoms with Gasteiger partial charge in [0.1, 0.15) is 12.4 Å². The molecule has 1 aliphatic carbocycles. The smallest absolute Gasteiger partial charge is 0.122 e. The molecule has 1 fully saturated rings. The van der Waals surface area contributed by atoms with Gasteiger partial charge in [0.05, 0.1) is 0 Å². The van der Waals surface area contributed by atoms with Crippen LogP contribution in [-0.4, -0.2) is 19.2 Å². The molecule has 2 rings (SSSR count). The van der Waals surface area contributed by atoms with Crippen molar-refractivity contribution in [2.45, 2.75) is 58.9 Å². The molecule has 0 saturated heterocycles. The van der Waals surface area contributed by atoms with Crippen molar-refractivity contribution in [3.05, 3.63) is 29.3 Å². The summed E-state index contributed by atoms with van der Waals surface area (Å²) < 4.78 is 6.12. The molecule has 0 amide bonds. The first kappa shape index (κ1) is 15.4. The molecule has 1 atom stereocenters. The summed E-state index contributed by atoms with van der Waals surface area (Å²) in [5, 5.41) is 3.63. The predicted molar refractivity (Wildman–Crippen MR) is 85.5 cm³/mol. The Morgan fingerprint density at radius 3 is 2.65 bits per heavy atom. The molecule has 2 nitrogen and oxygen atoms in total. The van der Waals surface area contributed by atoms with Gasteiger partial charge in [0, 0.05) is 6.04 Å². The third-order valence-corrected chi connectivity index (χ3v) is 4.45. The van der Waals surface area contributed by atoms with Gasteiger partial charge in [-0.05, 0) is 56.3 Å². The maximum Gasteiger partial charge on any atom is 0.122 e. The molecule has 1 unspecified atom stereocenters. The second-order valence-corrected chi connectivity index (χ2v) is 6.14. The van der Waals surface area contributed by atoms with E-state index in [4.69, 9.17) is 4.74 Å². The Labute approximate surface area is 123 Å². The molecule has 0 aliphatic heterocycles. The van der Waals surface area contributed by atoms with Gasteiger partial charge in [0.25, 0.3) is 0 Å². The zero-order valence-electron chi connectivity index (χ0n) is 13.2. The van der Waals surface area contributed by atoms with Crippen LogP contribution in [0.15, 0.2) is 18.2 Å². The average molecular weight is 275 g/mol. The van der Waals surface area contributed by atoms with Gasteiger partial charge in [-0.3, -0.25) is 0 Å². The van der Waals surface area contributed by atoms with E-state index in [1.165, 1.54) is 43.2 Å². The Hall–Kier alpha value is -1.02. The number of nitrogens with one attached hydrogen (secondary N) is 1. The standard InChI is InChI=1S/C18H29NO/c1-4-19-17(16-8-6-5-7-9-16)13-20-18-12-14(2)10-11-15(18)3/h10-12,16-17,19H,4-9,13H2,1-3H3. The van der Waals surface area contributed by atoms with Gasteiger partial charge >= 0.3 is 0 Å². The molecule has 112 valence electrons. The molecule has 1 aromatic carbocycles.